The molecule has 0 amide bonds. The Balaban J connectivity index is 2.02. The smallest absolute Gasteiger partial charge is 0.0541 e. The van der Waals surface area contributed by atoms with Gasteiger partial charge in [0.1, 0.15) is 0 Å². The summed E-state index contributed by atoms with van der Waals surface area (Å²) < 4.78 is 0. The van der Waals surface area contributed by atoms with Gasteiger partial charge in [-0.1, -0.05) is 23.7 Å². The number of aryl methyl sites for hydroxylation is 1. The number of thiophene rings is 1. The minimum atomic E-state index is 0.380. The van der Waals surface area contributed by atoms with Crippen molar-refractivity contribution in [1.29, 1.82) is 0 Å². The number of rotatable bonds is 5. The van der Waals surface area contributed by atoms with Crippen LogP contribution in [0.3, 0.4) is 0 Å². The molecule has 4 heteroatoms. The predicted octanol–water partition coefficient (Wildman–Crippen LogP) is 4.76. The summed E-state index contributed by atoms with van der Waals surface area (Å²) in [7, 11) is 2.01. The maximum Gasteiger partial charge on any atom is 0.0541 e. The molecule has 0 radical (unpaired) electrons. The zero-order chi connectivity index (χ0) is 13.0. The molecule has 0 saturated carbocycles. The van der Waals surface area contributed by atoms with E-state index in [1.54, 1.807) is 11.8 Å². The van der Waals surface area contributed by atoms with Gasteiger partial charge >= 0.3 is 0 Å². The molecule has 2 aromatic rings. The Morgan fingerprint density at radius 3 is 2.67 bits per heavy atom. The second-order valence-electron chi connectivity index (χ2n) is 4.03. The lowest BCUT2D eigenvalue weighted by Gasteiger charge is -2.14. The highest BCUT2D eigenvalue weighted by molar-refractivity contribution is 7.99. The molecule has 1 aromatic carbocycles. The molecule has 1 atom stereocenters. The van der Waals surface area contributed by atoms with E-state index in [1.807, 2.05) is 36.6 Å². The van der Waals surface area contributed by atoms with Crippen LogP contribution in [0.25, 0.3) is 0 Å². The zero-order valence-electron chi connectivity index (χ0n) is 10.4. The molecule has 1 nitrogen and oxygen atoms in total. The van der Waals surface area contributed by atoms with Gasteiger partial charge in [0.05, 0.1) is 11.1 Å². The van der Waals surface area contributed by atoms with E-state index in [2.05, 4.69) is 30.4 Å². The monoisotopic (exact) mass is 297 g/mol. The van der Waals surface area contributed by atoms with E-state index in [0.717, 1.165) is 15.7 Å². The van der Waals surface area contributed by atoms with Crippen LogP contribution in [0.4, 0.5) is 0 Å². The fraction of sp³-hybridized carbons (Fsp3) is 0.286. The SMILES string of the molecule is CNC(CSc1ccccc1Cl)c1ccc(C)s1. The van der Waals surface area contributed by atoms with E-state index in [0.29, 0.717) is 6.04 Å². The van der Waals surface area contributed by atoms with Gasteiger partial charge in [-0.25, -0.2) is 0 Å². The van der Waals surface area contributed by atoms with Gasteiger partial charge in [-0.15, -0.1) is 23.1 Å². The van der Waals surface area contributed by atoms with Crippen LogP contribution in [0.1, 0.15) is 15.8 Å². The number of thioether (sulfide) groups is 1. The minimum Gasteiger partial charge on any atom is -0.312 e. The maximum absolute atomic E-state index is 6.16. The molecule has 96 valence electrons. The highest BCUT2D eigenvalue weighted by Crippen LogP contribution is 2.31. The van der Waals surface area contributed by atoms with Crippen LogP contribution in [0, 0.1) is 6.92 Å². The average Bonchev–Trinajstić information content (AvgIpc) is 2.79. The largest absolute Gasteiger partial charge is 0.312 e. The molecule has 1 unspecified atom stereocenters. The summed E-state index contributed by atoms with van der Waals surface area (Å²) >= 11 is 9.81. The van der Waals surface area contributed by atoms with Crippen molar-refractivity contribution in [1.82, 2.24) is 5.32 Å². The first-order chi connectivity index (χ1) is 8.70. The first kappa shape index (κ1) is 13.9. The van der Waals surface area contributed by atoms with Crippen LogP contribution in [0.15, 0.2) is 41.3 Å². The van der Waals surface area contributed by atoms with Gasteiger partial charge in [0, 0.05) is 20.4 Å². The van der Waals surface area contributed by atoms with Crippen LogP contribution < -0.4 is 5.32 Å². The van der Waals surface area contributed by atoms with Gasteiger partial charge in [-0.3, -0.25) is 0 Å². The summed E-state index contributed by atoms with van der Waals surface area (Å²) in [4.78, 5) is 3.88. The Labute approximate surface area is 122 Å². The summed E-state index contributed by atoms with van der Waals surface area (Å²) in [6.07, 6.45) is 0. The predicted molar refractivity (Wildman–Crippen MR) is 83.0 cm³/mol. The number of hydrogen-bond acceptors (Lipinski definition) is 3. The number of nitrogens with one attached hydrogen (secondary N) is 1. The van der Waals surface area contributed by atoms with E-state index in [9.17, 15) is 0 Å². The normalized spacial score (nSPS) is 12.6. The third kappa shape index (κ3) is 3.51. The summed E-state index contributed by atoms with van der Waals surface area (Å²) in [6, 6.07) is 12.7. The van der Waals surface area contributed by atoms with Gasteiger partial charge in [0.2, 0.25) is 0 Å². The number of benzene rings is 1. The molecular weight excluding hydrogens is 282 g/mol. The molecule has 18 heavy (non-hydrogen) atoms. The van der Waals surface area contributed by atoms with Crippen LogP contribution in [-0.2, 0) is 0 Å². The molecule has 2 rings (SSSR count). The Bertz CT molecular complexity index is 510. The van der Waals surface area contributed by atoms with Crippen molar-refractivity contribution in [3.05, 3.63) is 51.2 Å². The Kier molecular flexibility index (Phi) is 5.13. The second-order valence-corrected chi connectivity index (χ2v) is 6.82. The van der Waals surface area contributed by atoms with Crippen molar-refractivity contribution in [2.75, 3.05) is 12.8 Å². The molecule has 0 saturated heterocycles. The first-order valence-electron chi connectivity index (χ1n) is 5.81. The molecule has 1 heterocycles. The fourth-order valence-electron chi connectivity index (χ4n) is 1.68. The Hall–Kier alpha value is -0.480. The van der Waals surface area contributed by atoms with Crippen LogP contribution in [0.5, 0.6) is 0 Å². The van der Waals surface area contributed by atoms with Gasteiger partial charge in [0.15, 0.2) is 0 Å². The van der Waals surface area contributed by atoms with Gasteiger partial charge in [-0.2, -0.15) is 0 Å². The van der Waals surface area contributed by atoms with Gasteiger partial charge < -0.3 is 5.32 Å². The van der Waals surface area contributed by atoms with Crippen molar-refractivity contribution >= 4 is 34.7 Å². The van der Waals surface area contributed by atoms with Crippen molar-refractivity contribution in [3.63, 3.8) is 0 Å². The Morgan fingerprint density at radius 1 is 1.28 bits per heavy atom. The quantitative estimate of drug-likeness (QED) is 0.798. The standard InChI is InChI=1S/C14H16ClNS2/c1-10-7-8-14(18-10)12(16-2)9-17-13-6-4-3-5-11(13)15/h3-8,12,16H,9H2,1-2H3. The fourth-order valence-corrected chi connectivity index (χ4v) is 4.15. The number of hydrogen-bond donors (Lipinski definition) is 1. The molecule has 0 aliphatic heterocycles. The molecule has 0 aliphatic carbocycles. The van der Waals surface area contributed by atoms with E-state index in [1.165, 1.54) is 9.75 Å². The summed E-state index contributed by atoms with van der Waals surface area (Å²) in [6.45, 7) is 2.14. The third-order valence-corrected chi connectivity index (χ3v) is 5.42. The highest BCUT2D eigenvalue weighted by atomic mass is 35.5. The minimum absolute atomic E-state index is 0.380. The lowest BCUT2D eigenvalue weighted by Crippen LogP contribution is -2.17. The van der Waals surface area contributed by atoms with E-state index in [-0.39, 0.29) is 0 Å². The number of halogens is 1. The molecule has 1 aromatic heterocycles. The Morgan fingerprint density at radius 2 is 2.06 bits per heavy atom. The molecule has 0 fully saturated rings. The van der Waals surface area contributed by atoms with E-state index in [4.69, 9.17) is 11.6 Å². The lowest BCUT2D eigenvalue weighted by molar-refractivity contribution is 0.673. The van der Waals surface area contributed by atoms with Crippen LogP contribution in [0.2, 0.25) is 5.02 Å². The van der Waals surface area contributed by atoms with Gasteiger partial charge in [-0.05, 0) is 38.2 Å². The first-order valence-corrected chi connectivity index (χ1v) is 7.99. The molecule has 0 bridgehead atoms. The molecular formula is C14H16ClNS2. The topological polar surface area (TPSA) is 12.0 Å². The highest BCUT2D eigenvalue weighted by Gasteiger charge is 2.12. The van der Waals surface area contributed by atoms with Gasteiger partial charge in [0.25, 0.3) is 0 Å². The van der Waals surface area contributed by atoms with Crippen molar-refractivity contribution in [3.8, 4) is 0 Å². The average molecular weight is 298 g/mol. The zero-order valence-corrected chi connectivity index (χ0v) is 12.8. The third-order valence-electron chi connectivity index (χ3n) is 2.70. The molecule has 0 aliphatic rings. The molecule has 0 spiro atoms. The second kappa shape index (κ2) is 6.62. The van der Waals surface area contributed by atoms with E-state index < -0.39 is 0 Å². The van der Waals surface area contributed by atoms with Crippen LogP contribution in [-0.4, -0.2) is 12.8 Å². The lowest BCUT2D eigenvalue weighted by atomic mass is 10.3. The van der Waals surface area contributed by atoms with E-state index >= 15 is 0 Å². The van der Waals surface area contributed by atoms with Crippen molar-refractivity contribution in [2.24, 2.45) is 0 Å². The maximum atomic E-state index is 6.16. The van der Waals surface area contributed by atoms with Crippen LogP contribution >= 0.6 is 34.7 Å². The summed E-state index contributed by atoms with van der Waals surface area (Å²) in [5.41, 5.74) is 0. The summed E-state index contributed by atoms with van der Waals surface area (Å²) in [5, 5.41) is 4.20. The van der Waals surface area contributed by atoms with Crippen molar-refractivity contribution in [2.45, 2.75) is 17.9 Å². The van der Waals surface area contributed by atoms with Crippen molar-refractivity contribution < 1.29 is 0 Å². The molecule has 1 N–H and O–H groups in total. The summed E-state index contributed by atoms with van der Waals surface area (Å²) in [5.74, 6) is 0.986.